The van der Waals surface area contributed by atoms with Crippen molar-refractivity contribution < 1.29 is 5.11 Å². The standard InChI is InChI=1S/C19H28O/c1-14-8-11-18-16(6-4-12-19(14,18)2)10-9-15-5-3-7-17(20)13-15/h5-6,9-10,14,17-18,20H,3-4,7-8,11-13H2,1-2H3/b10-9-/t14-,17-,18-,19+/m0/s1. The van der Waals surface area contributed by atoms with Crippen LogP contribution in [0, 0.1) is 17.3 Å². The van der Waals surface area contributed by atoms with Crippen molar-refractivity contribution >= 4 is 0 Å². The van der Waals surface area contributed by atoms with E-state index in [9.17, 15) is 5.11 Å². The second kappa shape index (κ2) is 5.52. The summed E-state index contributed by atoms with van der Waals surface area (Å²) in [5.74, 6) is 1.62. The van der Waals surface area contributed by atoms with Crippen LogP contribution in [0.3, 0.4) is 0 Å². The Balaban J connectivity index is 1.74. The quantitative estimate of drug-likeness (QED) is 0.766. The SMILES string of the molecule is C[C@H]1CC[C@H]2C(/C=C\C3=CCC[C@H](O)C3)=CCC[C@]12C. The van der Waals surface area contributed by atoms with Crippen molar-refractivity contribution in [1.29, 1.82) is 0 Å². The van der Waals surface area contributed by atoms with E-state index in [0.717, 1.165) is 31.1 Å². The van der Waals surface area contributed by atoms with E-state index in [1.54, 1.807) is 5.57 Å². The van der Waals surface area contributed by atoms with Crippen LogP contribution in [-0.2, 0) is 0 Å². The van der Waals surface area contributed by atoms with E-state index in [2.05, 4.69) is 38.2 Å². The Morgan fingerprint density at radius 3 is 2.80 bits per heavy atom. The molecule has 0 aromatic heterocycles. The summed E-state index contributed by atoms with van der Waals surface area (Å²) in [7, 11) is 0. The normalized spacial score (nSPS) is 41.5. The zero-order valence-corrected chi connectivity index (χ0v) is 12.9. The summed E-state index contributed by atoms with van der Waals surface area (Å²) in [6.07, 6.45) is 17.4. The first kappa shape index (κ1) is 14.1. The van der Waals surface area contributed by atoms with Crippen molar-refractivity contribution in [2.75, 3.05) is 0 Å². The summed E-state index contributed by atoms with van der Waals surface area (Å²) < 4.78 is 0. The smallest absolute Gasteiger partial charge is 0.0583 e. The van der Waals surface area contributed by atoms with Crippen molar-refractivity contribution in [3.63, 3.8) is 0 Å². The Morgan fingerprint density at radius 2 is 2.00 bits per heavy atom. The molecule has 0 amide bonds. The molecule has 1 heteroatoms. The molecule has 0 aliphatic heterocycles. The monoisotopic (exact) mass is 272 g/mol. The molecule has 1 saturated carbocycles. The second-order valence-electron chi connectivity index (χ2n) is 7.33. The molecule has 0 heterocycles. The molecule has 0 bridgehead atoms. The molecule has 0 radical (unpaired) electrons. The molecule has 0 saturated heterocycles. The van der Waals surface area contributed by atoms with Crippen LogP contribution in [0.5, 0.6) is 0 Å². The fraction of sp³-hybridized carbons (Fsp3) is 0.684. The summed E-state index contributed by atoms with van der Waals surface area (Å²) >= 11 is 0. The summed E-state index contributed by atoms with van der Waals surface area (Å²) in [5.41, 5.74) is 3.40. The van der Waals surface area contributed by atoms with Gasteiger partial charge in [-0.15, -0.1) is 0 Å². The first-order valence-corrected chi connectivity index (χ1v) is 8.35. The lowest BCUT2D eigenvalue weighted by Gasteiger charge is -2.39. The van der Waals surface area contributed by atoms with Crippen molar-refractivity contribution in [1.82, 2.24) is 0 Å². The highest BCUT2D eigenvalue weighted by Crippen LogP contribution is 2.55. The van der Waals surface area contributed by atoms with Crippen LogP contribution in [0.25, 0.3) is 0 Å². The summed E-state index contributed by atoms with van der Waals surface area (Å²) in [5, 5.41) is 9.75. The molecule has 0 aromatic rings. The maximum atomic E-state index is 9.75. The van der Waals surface area contributed by atoms with E-state index in [0.29, 0.717) is 5.41 Å². The third-order valence-corrected chi connectivity index (χ3v) is 6.14. The van der Waals surface area contributed by atoms with Gasteiger partial charge < -0.3 is 5.11 Å². The lowest BCUT2D eigenvalue weighted by atomic mass is 9.65. The Kier molecular flexibility index (Phi) is 3.90. The van der Waals surface area contributed by atoms with Gasteiger partial charge in [0.2, 0.25) is 0 Å². The maximum Gasteiger partial charge on any atom is 0.0583 e. The third-order valence-electron chi connectivity index (χ3n) is 6.14. The van der Waals surface area contributed by atoms with Gasteiger partial charge in [-0.2, -0.15) is 0 Å². The van der Waals surface area contributed by atoms with Crippen LogP contribution in [0.2, 0.25) is 0 Å². The molecule has 3 rings (SSSR count). The highest BCUT2D eigenvalue weighted by Gasteiger charge is 2.46. The van der Waals surface area contributed by atoms with Crippen LogP contribution >= 0.6 is 0 Å². The van der Waals surface area contributed by atoms with Gasteiger partial charge >= 0.3 is 0 Å². The molecular weight excluding hydrogens is 244 g/mol. The molecule has 3 aliphatic carbocycles. The molecule has 20 heavy (non-hydrogen) atoms. The second-order valence-corrected chi connectivity index (χ2v) is 7.33. The van der Waals surface area contributed by atoms with Crippen molar-refractivity contribution in [3.05, 3.63) is 35.5 Å². The van der Waals surface area contributed by atoms with E-state index < -0.39 is 0 Å². The molecular formula is C19H28O. The lowest BCUT2D eigenvalue weighted by molar-refractivity contribution is 0.161. The van der Waals surface area contributed by atoms with Gasteiger partial charge in [0.25, 0.3) is 0 Å². The summed E-state index contributed by atoms with van der Waals surface area (Å²) in [4.78, 5) is 0. The van der Waals surface area contributed by atoms with E-state index in [1.165, 1.54) is 31.3 Å². The Bertz CT molecular complexity index is 456. The summed E-state index contributed by atoms with van der Waals surface area (Å²) in [6, 6.07) is 0. The zero-order valence-electron chi connectivity index (χ0n) is 12.9. The number of hydrogen-bond acceptors (Lipinski definition) is 1. The molecule has 0 unspecified atom stereocenters. The average Bonchev–Trinajstić information content (AvgIpc) is 2.73. The van der Waals surface area contributed by atoms with Crippen LogP contribution in [-0.4, -0.2) is 11.2 Å². The molecule has 3 aliphatic rings. The number of aliphatic hydroxyl groups is 1. The van der Waals surface area contributed by atoms with Crippen molar-refractivity contribution in [3.8, 4) is 0 Å². The van der Waals surface area contributed by atoms with Crippen LogP contribution in [0.4, 0.5) is 0 Å². The highest BCUT2D eigenvalue weighted by atomic mass is 16.3. The lowest BCUT2D eigenvalue weighted by Crippen LogP contribution is -2.30. The number of rotatable bonds is 2. The third kappa shape index (κ3) is 2.53. The average molecular weight is 272 g/mol. The largest absolute Gasteiger partial charge is 0.393 e. The van der Waals surface area contributed by atoms with Crippen LogP contribution in [0.15, 0.2) is 35.5 Å². The van der Waals surface area contributed by atoms with Crippen molar-refractivity contribution in [2.24, 2.45) is 17.3 Å². The Morgan fingerprint density at radius 1 is 1.15 bits per heavy atom. The van der Waals surface area contributed by atoms with Crippen molar-refractivity contribution in [2.45, 2.75) is 64.9 Å². The summed E-state index contributed by atoms with van der Waals surface area (Å²) in [6.45, 7) is 4.94. The first-order chi connectivity index (χ1) is 9.59. The van der Waals surface area contributed by atoms with Gasteiger partial charge in [0.1, 0.15) is 0 Å². The topological polar surface area (TPSA) is 20.2 Å². The molecule has 1 fully saturated rings. The Hall–Kier alpha value is -0.820. The van der Waals surface area contributed by atoms with Gasteiger partial charge in [0.05, 0.1) is 6.10 Å². The van der Waals surface area contributed by atoms with Gasteiger partial charge in [0.15, 0.2) is 0 Å². The Labute approximate surface area is 123 Å². The van der Waals surface area contributed by atoms with E-state index >= 15 is 0 Å². The molecule has 110 valence electrons. The molecule has 4 atom stereocenters. The number of fused-ring (bicyclic) bond motifs is 1. The highest BCUT2D eigenvalue weighted by molar-refractivity contribution is 5.34. The van der Waals surface area contributed by atoms with Gasteiger partial charge in [-0.3, -0.25) is 0 Å². The number of aliphatic hydroxyl groups excluding tert-OH is 1. The number of hydrogen-bond donors (Lipinski definition) is 1. The van der Waals surface area contributed by atoms with Crippen LogP contribution < -0.4 is 0 Å². The van der Waals surface area contributed by atoms with E-state index in [4.69, 9.17) is 0 Å². The fourth-order valence-electron chi connectivity index (χ4n) is 4.52. The first-order valence-electron chi connectivity index (χ1n) is 8.35. The molecule has 0 spiro atoms. The minimum atomic E-state index is -0.128. The van der Waals surface area contributed by atoms with Gasteiger partial charge in [-0.25, -0.2) is 0 Å². The number of allylic oxidation sites excluding steroid dienone is 5. The van der Waals surface area contributed by atoms with Gasteiger partial charge in [-0.05, 0) is 73.3 Å². The fourth-order valence-corrected chi connectivity index (χ4v) is 4.52. The van der Waals surface area contributed by atoms with E-state index in [-0.39, 0.29) is 6.10 Å². The predicted molar refractivity (Wildman–Crippen MR) is 84.4 cm³/mol. The zero-order chi connectivity index (χ0) is 14.2. The van der Waals surface area contributed by atoms with Gasteiger partial charge in [0, 0.05) is 0 Å². The molecule has 1 nitrogen and oxygen atoms in total. The minimum absolute atomic E-state index is 0.128. The maximum absolute atomic E-state index is 9.75. The molecule has 0 aromatic carbocycles. The van der Waals surface area contributed by atoms with E-state index in [1.807, 2.05) is 0 Å². The minimum Gasteiger partial charge on any atom is -0.393 e. The van der Waals surface area contributed by atoms with Gasteiger partial charge in [-0.1, -0.05) is 38.2 Å². The predicted octanol–water partition coefficient (Wildman–Crippen LogP) is 4.79. The van der Waals surface area contributed by atoms with Crippen LogP contribution in [0.1, 0.15) is 58.8 Å². The molecule has 1 N–H and O–H groups in total.